The zero-order valence-electron chi connectivity index (χ0n) is 17.8. The first kappa shape index (κ1) is 22.4. The molecule has 32 heavy (non-hydrogen) atoms. The number of amides is 1. The van der Waals surface area contributed by atoms with Crippen LogP contribution in [0.4, 0.5) is 0 Å². The summed E-state index contributed by atoms with van der Waals surface area (Å²) in [6.45, 7) is 0. The van der Waals surface area contributed by atoms with Crippen LogP contribution in [0.5, 0.6) is 23.0 Å². The van der Waals surface area contributed by atoms with E-state index >= 15 is 0 Å². The summed E-state index contributed by atoms with van der Waals surface area (Å²) in [7, 11) is 4.51. The number of rotatable bonds is 8. The monoisotopic (exact) mass is 434 g/mol. The van der Waals surface area contributed by atoms with Gasteiger partial charge in [-0.3, -0.25) is 4.79 Å². The van der Waals surface area contributed by atoms with E-state index in [1.165, 1.54) is 27.5 Å². The van der Waals surface area contributed by atoms with Crippen LogP contribution >= 0.6 is 0 Å². The summed E-state index contributed by atoms with van der Waals surface area (Å²) in [5.74, 6) is 0.852. The third kappa shape index (κ3) is 5.42. The van der Waals surface area contributed by atoms with Crippen LogP contribution in [0.25, 0.3) is 0 Å². The third-order valence-electron chi connectivity index (χ3n) is 4.44. The molecule has 1 N–H and O–H groups in total. The predicted molar refractivity (Wildman–Crippen MR) is 119 cm³/mol. The van der Waals surface area contributed by atoms with E-state index in [-0.39, 0.29) is 5.91 Å². The van der Waals surface area contributed by atoms with Crippen molar-refractivity contribution in [2.75, 3.05) is 21.3 Å². The van der Waals surface area contributed by atoms with E-state index in [1.807, 2.05) is 0 Å². The molecule has 0 atom stereocenters. The first-order valence-electron chi connectivity index (χ1n) is 9.56. The second-order valence-corrected chi connectivity index (χ2v) is 6.43. The Labute approximate surface area is 185 Å². The van der Waals surface area contributed by atoms with Gasteiger partial charge in [-0.25, -0.2) is 10.2 Å². The molecule has 0 saturated carbocycles. The SMILES string of the molecule is COc1ccc(C(=O)Oc2ccc(/C=N\NC(=O)c3ccccc3OC)cc2)cc1OC. The zero-order chi connectivity index (χ0) is 22.9. The fourth-order valence-electron chi connectivity index (χ4n) is 2.81. The fourth-order valence-corrected chi connectivity index (χ4v) is 2.81. The zero-order valence-corrected chi connectivity index (χ0v) is 17.8. The van der Waals surface area contributed by atoms with Crippen LogP contribution < -0.4 is 24.4 Å². The van der Waals surface area contributed by atoms with E-state index in [1.54, 1.807) is 66.7 Å². The molecular weight excluding hydrogens is 412 g/mol. The highest BCUT2D eigenvalue weighted by molar-refractivity contribution is 5.97. The second kappa shape index (κ2) is 10.6. The van der Waals surface area contributed by atoms with Crippen molar-refractivity contribution in [3.8, 4) is 23.0 Å². The number of carbonyl (C=O) groups is 2. The van der Waals surface area contributed by atoms with Crippen molar-refractivity contribution >= 4 is 18.1 Å². The Morgan fingerprint density at radius 2 is 1.50 bits per heavy atom. The number of esters is 1. The van der Waals surface area contributed by atoms with Gasteiger partial charge < -0.3 is 18.9 Å². The maximum absolute atomic E-state index is 12.4. The molecule has 8 nitrogen and oxygen atoms in total. The molecule has 164 valence electrons. The van der Waals surface area contributed by atoms with Crippen LogP contribution in [0.3, 0.4) is 0 Å². The Morgan fingerprint density at radius 1 is 0.812 bits per heavy atom. The highest BCUT2D eigenvalue weighted by Gasteiger charge is 2.13. The summed E-state index contributed by atoms with van der Waals surface area (Å²) in [5.41, 5.74) is 3.86. The molecule has 0 aliphatic rings. The van der Waals surface area contributed by atoms with E-state index in [4.69, 9.17) is 18.9 Å². The van der Waals surface area contributed by atoms with Crippen LogP contribution in [0.15, 0.2) is 71.8 Å². The molecule has 0 radical (unpaired) electrons. The van der Waals surface area contributed by atoms with Gasteiger partial charge in [0.05, 0.1) is 38.7 Å². The molecule has 0 unspecified atom stereocenters. The first-order valence-corrected chi connectivity index (χ1v) is 9.56. The molecule has 3 aromatic carbocycles. The minimum Gasteiger partial charge on any atom is -0.496 e. The van der Waals surface area contributed by atoms with Crippen LogP contribution in [0.2, 0.25) is 0 Å². The molecule has 0 spiro atoms. The number of nitrogens with zero attached hydrogens (tertiary/aromatic N) is 1. The van der Waals surface area contributed by atoms with Crippen molar-refractivity contribution in [1.82, 2.24) is 5.43 Å². The van der Waals surface area contributed by atoms with Gasteiger partial charge in [0, 0.05) is 0 Å². The number of methoxy groups -OCH3 is 3. The number of para-hydroxylation sites is 1. The number of hydrogen-bond acceptors (Lipinski definition) is 7. The van der Waals surface area contributed by atoms with Crippen molar-refractivity contribution < 1.29 is 28.5 Å². The summed E-state index contributed by atoms with van der Waals surface area (Å²) >= 11 is 0. The van der Waals surface area contributed by atoms with E-state index < -0.39 is 5.97 Å². The minimum absolute atomic E-state index is 0.326. The molecule has 0 fully saturated rings. The minimum atomic E-state index is -0.531. The average Bonchev–Trinajstić information content (AvgIpc) is 2.84. The molecule has 3 aromatic rings. The van der Waals surface area contributed by atoms with Crippen LogP contribution in [0, 0.1) is 0 Å². The highest BCUT2D eigenvalue weighted by atomic mass is 16.5. The smallest absolute Gasteiger partial charge is 0.343 e. The molecule has 0 saturated heterocycles. The lowest BCUT2D eigenvalue weighted by Crippen LogP contribution is -2.18. The van der Waals surface area contributed by atoms with Gasteiger partial charge in [0.1, 0.15) is 11.5 Å². The Bertz CT molecular complexity index is 1130. The third-order valence-corrected chi connectivity index (χ3v) is 4.44. The molecule has 0 heterocycles. The molecule has 1 amide bonds. The fraction of sp³-hybridized carbons (Fsp3) is 0.125. The van der Waals surface area contributed by atoms with Gasteiger partial charge in [0.25, 0.3) is 5.91 Å². The molecule has 0 aliphatic carbocycles. The van der Waals surface area contributed by atoms with E-state index in [2.05, 4.69) is 10.5 Å². The Morgan fingerprint density at radius 3 is 2.19 bits per heavy atom. The standard InChI is InChI=1S/C24H22N2O6/c1-29-20-7-5-4-6-19(20)23(27)26-25-15-16-8-11-18(12-9-16)32-24(28)17-10-13-21(30-2)22(14-17)31-3/h4-15H,1-3H3,(H,26,27)/b25-15-. The van der Waals surface area contributed by atoms with Gasteiger partial charge in [-0.15, -0.1) is 0 Å². The van der Waals surface area contributed by atoms with E-state index in [0.717, 1.165) is 0 Å². The van der Waals surface area contributed by atoms with Gasteiger partial charge >= 0.3 is 5.97 Å². The van der Waals surface area contributed by atoms with Gasteiger partial charge in [-0.1, -0.05) is 12.1 Å². The largest absolute Gasteiger partial charge is 0.496 e. The lowest BCUT2D eigenvalue weighted by molar-refractivity contribution is 0.0734. The Balaban J connectivity index is 1.60. The van der Waals surface area contributed by atoms with Gasteiger partial charge in [-0.2, -0.15) is 5.10 Å². The van der Waals surface area contributed by atoms with Gasteiger partial charge in [0.2, 0.25) is 0 Å². The number of hydrogen-bond donors (Lipinski definition) is 1. The van der Waals surface area contributed by atoms with Gasteiger partial charge in [0.15, 0.2) is 11.5 Å². The van der Waals surface area contributed by atoms with Crippen LogP contribution in [0.1, 0.15) is 26.3 Å². The molecule has 3 rings (SSSR count). The molecular formula is C24H22N2O6. The molecule has 0 aliphatic heterocycles. The first-order chi connectivity index (χ1) is 15.5. The second-order valence-electron chi connectivity index (χ2n) is 6.43. The Kier molecular flexibility index (Phi) is 7.42. The molecule has 8 heteroatoms. The molecule has 0 bridgehead atoms. The summed E-state index contributed by atoms with van der Waals surface area (Å²) in [6, 6.07) is 18.3. The number of hydrazone groups is 1. The lowest BCUT2D eigenvalue weighted by atomic mass is 10.2. The van der Waals surface area contributed by atoms with Crippen molar-refractivity contribution in [1.29, 1.82) is 0 Å². The Hall–Kier alpha value is -4.33. The van der Waals surface area contributed by atoms with Crippen molar-refractivity contribution in [2.45, 2.75) is 0 Å². The number of carbonyl (C=O) groups excluding carboxylic acids is 2. The average molecular weight is 434 g/mol. The summed E-state index contributed by atoms with van der Waals surface area (Å²) in [5, 5.41) is 3.95. The quantitative estimate of drug-likeness (QED) is 0.251. The molecule has 0 aromatic heterocycles. The highest BCUT2D eigenvalue weighted by Crippen LogP contribution is 2.28. The maximum atomic E-state index is 12.4. The predicted octanol–water partition coefficient (Wildman–Crippen LogP) is 3.70. The normalized spacial score (nSPS) is 10.5. The topological polar surface area (TPSA) is 95.5 Å². The maximum Gasteiger partial charge on any atom is 0.343 e. The van der Waals surface area contributed by atoms with E-state index in [9.17, 15) is 9.59 Å². The van der Waals surface area contributed by atoms with Crippen molar-refractivity contribution in [2.24, 2.45) is 5.10 Å². The number of benzene rings is 3. The summed E-state index contributed by atoms with van der Waals surface area (Å²) in [4.78, 5) is 24.6. The van der Waals surface area contributed by atoms with Gasteiger partial charge in [-0.05, 0) is 60.2 Å². The summed E-state index contributed by atoms with van der Waals surface area (Å²) in [6.07, 6.45) is 1.48. The number of ether oxygens (including phenoxy) is 4. The lowest BCUT2D eigenvalue weighted by Gasteiger charge is -2.09. The van der Waals surface area contributed by atoms with Crippen LogP contribution in [-0.4, -0.2) is 39.4 Å². The van der Waals surface area contributed by atoms with Crippen molar-refractivity contribution in [3.63, 3.8) is 0 Å². The van der Waals surface area contributed by atoms with E-state index in [0.29, 0.717) is 39.7 Å². The number of nitrogens with one attached hydrogen (secondary N) is 1. The van der Waals surface area contributed by atoms with Crippen LogP contribution in [-0.2, 0) is 0 Å². The summed E-state index contributed by atoms with van der Waals surface area (Å²) < 4.78 is 20.9. The van der Waals surface area contributed by atoms with Crippen molar-refractivity contribution in [3.05, 3.63) is 83.4 Å².